The van der Waals surface area contributed by atoms with Gasteiger partial charge in [0.2, 0.25) is 0 Å². The first kappa shape index (κ1) is 43.4. The van der Waals surface area contributed by atoms with Crippen LogP contribution < -0.4 is 5.90 Å². The number of fused-ring (bicyclic) bond motifs is 10. The third-order valence-corrected chi connectivity index (χ3v) is 16.4. The van der Waals surface area contributed by atoms with Crippen LogP contribution >= 0.6 is 0 Å². The van der Waals surface area contributed by atoms with Gasteiger partial charge >= 0.3 is 0 Å². The molecule has 0 amide bonds. The fourth-order valence-electron chi connectivity index (χ4n) is 13.4. The number of oxime groups is 3. The Bertz CT molecular complexity index is 1800. The van der Waals surface area contributed by atoms with Crippen molar-refractivity contribution in [2.45, 2.75) is 130 Å². The molecule has 8 rings (SSSR count). The maximum absolute atomic E-state index is 12.2. The second-order valence-electron chi connectivity index (χ2n) is 19.0. The summed E-state index contributed by atoms with van der Waals surface area (Å²) < 4.78 is 0. The van der Waals surface area contributed by atoms with E-state index in [9.17, 15) is 30.4 Å². The average Bonchev–Trinajstić information content (AvgIpc) is 3.72. The third-order valence-electron chi connectivity index (χ3n) is 16.4. The molecule has 0 aliphatic heterocycles. The Morgan fingerprint density at radius 3 is 1.47 bits per heavy atom. The first-order chi connectivity index (χ1) is 27.0. The van der Waals surface area contributed by atoms with E-state index >= 15 is 0 Å². The molecule has 0 aromatic rings. The van der Waals surface area contributed by atoms with Gasteiger partial charge in [-0.25, -0.2) is 5.90 Å². The summed E-state index contributed by atoms with van der Waals surface area (Å²) in [5, 5.41) is 69.5. The maximum Gasteiger partial charge on any atom is 0.134 e. The van der Waals surface area contributed by atoms with Crippen LogP contribution in [0.25, 0.3) is 0 Å². The van der Waals surface area contributed by atoms with Gasteiger partial charge in [-0.3, -0.25) is 4.79 Å². The zero-order valence-corrected chi connectivity index (χ0v) is 35.0. The van der Waals surface area contributed by atoms with Crippen LogP contribution in [-0.4, -0.2) is 92.4 Å². The zero-order valence-electron chi connectivity index (χ0n) is 35.0. The third kappa shape index (κ3) is 6.87. The molecule has 2 unspecified atom stereocenters. The van der Waals surface area contributed by atoms with Crippen LogP contribution in [0.3, 0.4) is 0 Å². The Morgan fingerprint density at radius 1 is 0.684 bits per heavy atom. The normalized spacial score (nSPS) is 45.7. The van der Waals surface area contributed by atoms with Gasteiger partial charge in [0.25, 0.3) is 0 Å². The first-order valence-electron chi connectivity index (χ1n) is 20.7. The van der Waals surface area contributed by atoms with E-state index in [2.05, 4.69) is 73.4 Å². The second kappa shape index (κ2) is 16.1. The van der Waals surface area contributed by atoms with Crippen molar-refractivity contribution in [2.75, 3.05) is 14.2 Å². The van der Waals surface area contributed by atoms with Crippen LogP contribution in [0, 0.1) is 57.2 Å². The molecule has 0 radical (unpaired) electrons. The molecule has 8 aliphatic carbocycles. The van der Waals surface area contributed by atoms with Crippen LogP contribution in [-0.2, 0) is 14.5 Å². The van der Waals surface area contributed by atoms with Gasteiger partial charge in [0.15, 0.2) is 0 Å². The smallest absolute Gasteiger partial charge is 0.134 e. The standard InChI is InChI=1S/C22H32N2O4.C22H31NO4.H3NO/c1-12(23-27)14-5-6-15-13-9-18(24-28-4)17-10-19(25)20(26)11-22(17,3)16(13)7-8-21(14,15)2;1-12(24)14-5-6-15-13-9-18(23-27-4)17-10-19(25)20(26)11-22(17,3)16(13)7-8-21(14,15)2;1-2/h6,9,14,16-17,19-20,25-27H,5,7-8,10-11H2,1-4H3;6,9,14,16-17,19-20,25-26H,5,7-8,10-11H2,1-4H3;2H,1H2/b23-12?,24-18-;23-18-;/t2*14-,16?,17+,19-,20+,21-,22-;/m11./s1. The number of Topliss-reactive ketones (excluding diaryl/α,β-unsaturated/α-hetero) is 1. The molecule has 13 nitrogen and oxygen atoms in total. The molecule has 14 atom stereocenters. The van der Waals surface area contributed by atoms with Crippen molar-refractivity contribution in [1.82, 2.24) is 0 Å². The summed E-state index contributed by atoms with van der Waals surface area (Å²) in [4.78, 5) is 22.5. The number of hydrogen-bond donors (Lipinski definition) is 7. The average molecular weight is 795 g/mol. The van der Waals surface area contributed by atoms with Gasteiger partial charge in [-0.15, -0.1) is 0 Å². The highest BCUT2D eigenvalue weighted by atomic mass is 16.6. The number of ketones is 1. The molecule has 0 spiro atoms. The maximum atomic E-state index is 12.2. The minimum atomic E-state index is -0.721. The van der Waals surface area contributed by atoms with Crippen molar-refractivity contribution in [1.29, 1.82) is 0 Å². The topological polar surface area (TPSA) is 220 Å². The molecule has 0 aromatic carbocycles. The molecule has 0 heterocycles. The van der Waals surface area contributed by atoms with Gasteiger partial charge in [0.05, 0.1) is 41.6 Å². The van der Waals surface area contributed by atoms with Gasteiger partial charge in [-0.2, -0.15) is 0 Å². The minimum Gasteiger partial charge on any atom is -0.411 e. The summed E-state index contributed by atoms with van der Waals surface area (Å²) in [6.45, 7) is 12.6. The number of aliphatic hydroxyl groups excluding tert-OH is 4. The van der Waals surface area contributed by atoms with E-state index < -0.39 is 24.4 Å². The van der Waals surface area contributed by atoms with Gasteiger partial charge in [0, 0.05) is 34.5 Å². The highest BCUT2D eigenvalue weighted by molar-refractivity contribution is 6.01. The molecule has 8 N–H and O–H groups in total. The Morgan fingerprint density at radius 2 is 1.09 bits per heavy atom. The van der Waals surface area contributed by atoms with E-state index in [1.165, 1.54) is 22.3 Å². The number of rotatable bonds is 4. The summed E-state index contributed by atoms with van der Waals surface area (Å²) in [6, 6.07) is 0. The van der Waals surface area contributed by atoms with Crippen molar-refractivity contribution in [3.05, 3.63) is 46.6 Å². The predicted octanol–water partition coefficient (Wildman–Crippen LogP) is 5.63. The highest BCUT2D eigenvalue weighted by Crippen LogP contribution is 2.65. The number of carbonyl (C=O) groups excluding carboxylic acids is 1. The van der Waals surface area contributed by atoms with E-state index in [-0.39, 0.29) is 51.1 Å². The molecular weight excluding hydrogens is 729 g/mol. The number of allylic oxidation sites excluding steroid dienone is 8. The molecule has 0 bridgehead atoms. The van der Waals surface area contributed by atoms with Gasteiger partial charge in [0.1, 0.15) is 20.0 Å². The Kier molecular flexibility index (Phi) is 12.3. The second-order valence-corrected chi connectivity index (χ2v) is 19.0. The quantitative estimate of drug-likeness (QED) is 0.106. The molecule has 4 fully saturated rings. The largest absolute Gasteiger partial charge is 0.411 e. The summed E-state index contributed by atoms with van der Waals surface area (Å²) >= 11 is 0. The van der Waals surface area contributed by atoms with Crippen LogP contribution in [0.2, 0.25) is 0 Å². The summed E-state index contributed by atoms with van der Waals surface area (Å²) in [6.07, 6.45) is 13.9. The van der Waals surface area contributed by atoms with E-state index in [4.69, 9.17) is 14.9 Å². The number of carbonyl (C=O) groups is 1. The van der Waals surface area contributed by atoms with Crippen molar-refractivity contribution >= 4 is 22.9 Å². The van der Waals surface area contributed by atoms with E-state index in [1.807, 2.05) is 6.92 Å². The fraction of sp³-hybridized carbons (Fsp3) is 0.727. The lowest BCUT2D eigenvalue weighted by Crippen LogP contribution is -2.55. The van der Waals surface area contributed by atoms with Crippen LogP contribution in [0.4, 0.5) is 0 Å². The zero-order chi connectivity index (χ0) is 41.8. The van der Waals surface area contributed by atoms with Crippen LogP contribution in [0.5, 0.6) is 0 Å². The lowest BCUT2D eigenvalue weighted by Gasteiger charge is -2.56. The Labute approximate surface area is 337 Å². The predicted molar refractivity (Wildman–Crippen MR) is 216 cm³/mol. The van der Waals surface area contributed by atoms with Crippen molar-refractivity contribution < 1.29 is 45.3 Å². The molecular formula is C44H66N4O9. The van der Waals surface area contributed by atoms with Gasteiger partial charge < -0.3 is 40.5 Å². The summed E-state index contributed by atoms with van der Waals surface area (Å²) in [5.74, 6) is 4.81. The van der Waals surface area contributed by atoms with Crippen molar-refractivity contribution in [2.24, 2.45) is 78.5 Å². The molecule has 13 heteroatoms. The lowest BCUT2D eigenvalue weighted by molar-refractivity contribution is -0.123. The lowest BCUT2D eigenvalue weighted by atomic mass is 9.48. The molecule has 316 valence electrons. The van der Waals surface area contributed by atoms with Crippen LogP contribution in [0.1, 0.15) is 106 Å². The van der Waals surface area contributed by atoms with E-state index in [0.29, 0.717) is 37.5 Å². The summed E-state index contributed by atoms with van der Waals surface area (Å²) in [7, 11) is 3.11. The van der Waals surface area contributed by atoms with Crippen molar-refractivity contribution in [3.63, 3.8) is 0 Å². The Balaban J connectivity index is 0.000000185. The number of aliphatic hydroxyl groups is 4. The summed E-state index contributed by atoms with van der Waals surface area (Å²) in [5.41, 5.74) is 7.20. The van der Waals surface area contributed by atoms with Crippen molar-refractivity contribution in [3.8, 4) is 0 Å². The monoisotopic (exact) mass is 794 g/mol. The van der Waals surface area contributed by atoms with E-state index in [0.717, 1.165) is 55.7 Å². The number of nitrogens with zero attached hydrogens (tertiary/aromatic N) is 3. The first-order valence-corrected chi connectivity index (χ1v) is 20.7. The number of hydrogen-bond acceptors (Lipinski definition) is 13. The minimum absolute atomic E-state index is 0.0488. The fourth-order valence-corrected chi connectivity index (χ4v) is 13.4. The van der Waals surface area contributed by atoms with Crippen LogP contribution in [0.15, 0.2) is 62.1 Å². The highest BCUT2D eigenvalue weighted by Gasteiger charge is 2.60. The van der Waals surface area contributed by atoms with Gasteiger partial charge in [-0.05, 0) is 135 Å². The molecule has 0 saturated heterocycles. The van der Waals surface area contributed by atoms with Gasteiger partial charge in [-0.1, -0.05) is 55.3 Å². The number of nitrogens with two attached hydrogens (primary N) is 1. The molecule has 57 heavy (non-hydrogen) atoms. The Hall–Kier alpha value is -3.20. The molecule has 0 aromatic heterocycles. The SMILES string of the molecule is CO/N=C1/C=C2C3=CC[C@H](C(C)=NO)[C@@]3(C)CCC2[C@@]2(C)C[C@H](O)[C@H](O)C[C@@H]12.CO/N=C1/C=C2C3=CC[C@H](C(C)=O)[C@@]3(C)CCC2[C@@]2(C)C[C@H](O)[C@H](O)C[C@@H]12.NO. The van der Waals surface area contributed by atoms with E-state index in [1.54, 1.807) is 21.1 Å². The molecule has 4 saturated carbocycles. The molecule has 8 aliphatic rings.